The van der Waals surface area contributed by atoms with Gasteiger partial charge in [0.1, 0.15) is 0 Å². The molecule has 1 heterocycles. The predicted octanol–water partition coefficient (Wildman–Crippen LogP) is 4.23. The average molecular weight is 375 g/mol. The van der Waals surface area contributed by atoms with Gasteiger partial charge in [-0.2, -0.15) is 23.3 Å². The fraction of sp³-hybridized carbons (Fsp3) is 0.529. The Hall–Kier alpha value is -1.60. The molecule has 8 heteroatoms. The number of benzene rings is 1. The van der Waals surface area contributed by atoms with E-state index in [4.69, 9.17) is 11.6 Å². The quantitative estimate of drug-likeness (QED) is 0.842. The normalized spacial score (nSPS) is 29.4. The highest BCUT2D eigenvalue weighted by atomic mass is 35.5. The SMILES string of the molecule is CC[C@@H]1CCC2=NN(C(=O)c3ccc(Cl)cc3)[C@](O)(C(F)(F)F)[C@H]2C1. The predicted molar refractivity (Wildman–Crippen MR) is 87.2 cm³/mol. The van der Waals surface area contributed by atoms with Gasteiger partial charge >= 0.3 is 6.18 Å². The van der Waals surface area contributed by atoms with Gasteiger partial charge in [0.25, 0.3) is 11.6 Å². The third-order valence-electron chi connectivity index (χ3n) is 5.10. The van der Waals surface area contributed by atoms with Crippen LogP contribution in [0.5, 0.6) is 0 Å². The van der Waals surface area contributed by atoms with Gasteiger partial charge in [-0.15, -0.1) is 0 Å². The van der Waals surface area contributed by atoms with Crippen molar-refractivity contribution in [2.75, 3.05) is 0 Å². The summed E-state index contributed by atoms with van der Waals surface area (Å²) in [7, 11) is 0. The van der Waals surface area contributed by atoms with E-state index in [0.29, 0.717) is 17.9 Å². The first kappa shape index (κ1) is 18.2. The molecule has 25 heavy (non-hydrogen) atoms. The molecule has 136 valence electrons. The lowest BCUT2D eigenvalue weighted by molar-refractivity contribution is -0.313. The number of carbonyl (C=O) groups excluding carboxylic acids is 1. The molecular formula is C17H18ClF3N2O2. The van der Waals surface area contributed by atoms with Gasteiger partial charge in [0.2, 0.25) is 0 Å². The zero-order valence-corrected chi connectivity index (χ0v) is 14.3. The molecule has 1 amide bonds. The highest BCUT2D eigenvalue weighted by Crippen LogP contribution is 2.50. The van der Waals surface area contributed by atoms with Gasteiger partial charge in [-0.1, -0.05) is 24.9 Å². The summed E-state index contributed by atoms with van der Waals surface area (Å²) in [5.41, 5.74) is -3.08. The minimum atomic E-state index is -5.01. The summed E-state index contributed by atoms with van der Waals surface area (Å²) in [4.78, 5) is 12.6. The summed E-state index contributed by atoms with van der Waals surface area (Å²) in [5, 5.41) is 15.1. The molecule has 0 saturated heterocycles. The molecule has 0 spiro atoms. The first-order valence-electron chi connectivity index (χ1n) is 8.15. The van der Waals surface area contributed by atoms with Gasteiger partial charge in [-0.3, -0.25) is 4.79 Å². The van der Waals surface area contributed by atoms with Crippen molar-refractivity contribution in [3.8, 4) is 0 Å². The van der Waals surface area contributed by atoms with E-state index < -0.39 is 23.7 Å². The molecule has 1 N–H and O–H groups in total. The molecule has 4 nitrogen and oxygen atoms in total. The van der Waals surface area contributed by atoms with Crippen LogP contribution >= 0.6 is 11.6 Å². The lowest BCUT2D eigenvalue weighted by Gasteiger charge is -2.39. The average Bonchev–Trinajstić information content (AvgIpc) is 2.88. The monoisotopic (exact) mass is 374 g/mol. The van der Waals surface area contributed by atoms with Crippen molar-refractivity contribution in [3.05, 3.63) is 34.9 Å². The Balaban J connectivity index is 2.01. The number of rotatable bonds is 2. The molecule has 0 radical (unpaired) electrons. The number of nitrogens with zero attached hydrogens (tertiary/aromatic N) is 2. The van der Waals surface area contributed by atoms with E-state index in [9.17, 15) is 23.1 Å². The Morgan fingerprint density at radius 1 is 1.40 bits per heavy atom. The number of halogens is 4. The van der Waals surface area contributed by atoms with Gasteiger partial charge < -0.3 is 5.11 Å². The van der Waals surface area contributed by atoms with Crippen LogP contribution in [0.25, 0.3) is 0 Å². The van der Waals surface area contributed by atoms with Crippen LogP contribution in [-0.2, 0) is 0 Å². The van der Waals surface area contributed by atoms with Crippen LogP contribution in [0.4, 0.5) is 13.2 Å². The molecule has 0 bridgehead atoms. The van der Waals surface area contributed by atoms with Gasteiger partial charge in [0.05, 0.1) is 5.92 Å². The second-order valence-electron chi connectivity index (χ2n) is 6.54. The Morgan fingerprint density at radius 3 is 2.60 bits per heavy atom. The first-order chi connectivity index (χ1) is 11.7. The topological polar surface area (TPSA) is 52.9 Å². The maximum absolute atomic E-state index is 13.8. The summed E-state index contributed by atoms with van der Waals surface area (Å²) in [5.74, 6) is -2.14. The largest absolute Gasteiger partial charge is 0.439 e. The van der Waals surface area contributed by atoms with Crippen molar-refractivity contribution >= 4 is 23.2 Å². The highest BCUT2D eigenvalue weighted by molar-refractivity contribution is 6.30. The minimum Gasteiger partial charge on any atom is -0.362 e. The Bertz CT molecular complexity index is 705. The number of fused-ring (bicyclic) bond motifs is 1. The van der Waals surface area contributed by atoms with Crippen molar-refractivity contribution in [3.63, 3.8) is 0 Å². The number of alkyl halides is 3. The second-order valence-corrected chi connectivity index (χ2v) is 6.98. The van der Waals surface area contributed by atoms with Gasteiger partial charge in [0.15, 0.2) is 0 Å². The van der Waals surface area contributed by atoms with Crippen molar-refractivity contribution in [2.45, 2.75) is 44.5 Å². The Labute approximate surface area is 148 Å². The van der Waals surface area contributed by atoms with Gasteiger partial charge in [-0.25, -0.2) is 0 Å². The highest BCUT2D eigenvalue weighted by Gasteiger charge is 2.68. The number of aliphatic hydroxyl groups is 1. The molecule has 1 aromatic rings. The van der Waals surface area contributed by atoms with Gasteiger partial charge in [0, 0.05) is 16.3 Å². The fourth-order valence-electron chi connectivity index (χ4n) is 3.59. The first-order valence-corrected chi connectivity index (χ1v) is 8.52. The maximum atomic E-state index is 13.8. The lowest BCUT2D eigenvalue weighted by Crippen LogP contribution is -2.61. The molecule has 3 atom stereocenters. The van der Waals surface area contributed by atoms with Crippen LogP contribution in [0.3, 0.4) is 0 Å². The Kier molecular flexibility index (Phi) is 4.58. The van der Waals surface area contributed by atoms with E-state index in [1.54, 1.807) is 0 Å². The molecular weight excluding hydrogens is 357 g/mol. The van der Waals surface area contributed by atoms with Crippen LogP contribution in [0.2, 0.25) is 5.02 Å². The van der Waals surface area contributed by atoms with E-state index in [0.717, 1.165) is 6.42 Å². The van der Waals surface area contributed by atoms with Crippen molar-refractivity contribution in [1.82, 2.24) is 5.01 Å². The summed E-state index contributed by atoms with van der Waals surface area (Å²) in [6, 6.07) is 5.45. The number of amides is 1. The summed E-state index contributed by atoms with van der Waals surface area (Å²) in [6.07, 6.45) is -3.06. The number of hydrogen-bond acceptors (Lipinski definition) is 3. The van der Waals surface area contributed by atoms with Crippen LogP contribution < -0.4 is 0 Å². The number of hydrogen-bond donors (Lipinski definition) is 1. The van der Waals surface area contributed by atoms with Crippen LogP contribution in [0, 0.1) is 11.8 Å². The molecule has 0 unspecified atom stereocenters. The maximum Gasteiger partial charge on any atom is 0.439 e. The molecule has 1 fully saturated rings. The van der Waals surface area contributed by atoms with E-state index in [-0.39, 0.29) is 28.6 Å². The summed E-state index contributed by atoms with van der Waals surface area (Å²) >= 11 is 5.75. The zero-order chi connectivity index (χ0) is 18.4. The number of hydrazone groups is 1. The van der Waals surface area contributed by atoms with Crippen molar-refractivity contribution in [1.29, 1.82) is 0 Å². The molecule has 1 aliphatic carbocycles. The third-order valence-corrected chi connectivity index (χ3v) is 5.35. The van der Waals surface area contributed by atoms with E-state index in [1.165, 1.54) is 24.3 Å². The van der Waals surface area contributed by atoms with Gasteiger partial charge in [-0.05, 0) is 49.4 Å². The van der Waals surface area contributed by atoms with Crippen LogP contribution in [0.1, 0.15) is 43.0 Å². The second kappa shape index (κ2) is 6.29. The van der Waals surface area contributed by atoms with E-state index in [2.05, 4.69) is 5.10 Å². The van der Waals surface area contributed by atoms with Crippen LogP contribution in [0.15, 0.2) is 29.4 Å². The minimum absolute atomic E-state index is 0.0119. The smallest absolute Gasteiger partial charge is 0.362 e. The molecule has 0 aromatic heterocycles. The molecule has 1 aromatic carbocycles. The van der Waals surface area contributed by atoms with Crippen LogP contribution in [-0.4, -0.2) is 33.6 Å². The molecule has 1 saturated carbocycles. The number of carbonyl (C=O) groups is 1. The molecule has 3 rings (SSSR count). The summed E-state index contributed by atoms with van der Waals surface area (Å²) in [6.45, 7) is 1.91. The summed E-state index contributed by atoms with van der Waals surface area (Å²) < 4.78 is 41.4. The van der Waals surface area contributed by atoms with E-state index in [1.807, 2.05) is 6.92 Å². The van der Waals surface area contributed by atoms with Crippen molar-refractivity contribution < 1.29 is 23.1 Å². The third kappa shape index (κ3) is 2.93. The molecule has 2 aliphatic rings. The van der Waals surface area contributed by atoms with E-state index >= 15 is 0 Å². The van der Waals surface area contributed by atoms with Crippen molar-refractivity contribution in [2.24, 2.45) is 16.9 Å². The Morgan fingerprint density at radius 2 is 2.04 bits per heavy atom. The lowest BCUT2D eigenvalue weighted by atomic mass is 9.74. The fourth-order valence-corrected chi connectivity index (χ4v) is 3.71. The standard InChI is InChI=1S/C17H18ClF3N2O2/c1-2-10-3-8-14-13(9-10)16(25,17(19,20)21)23(22-14)15(24)11-4-6-12(18)7-5-11/h4-7,10,13,25H,2-3,8-9H2,1H3/t10-,13+,16-/m1/s1. The zero-order valence-electron chi connectivity index (χ0n) is 13.6. The molecule has 1 aliphatic heterocycles.